The number of anilines is 1. The topological polar surface area (TPSA) is 59.8 Å². The first-order valence-corrected chi connectivity index (χ1v) is 10.4. The summed E-state index contributed by atoms with van der Waals surface area (Å²) in [5.41, 5.74) is 2.86. The lowest BCUT2D eigenvalue weighted by Crippen LogP contribution is -2.15. The third-order valence-corrected chi connectivity index (χ3v) is 6.12. The molecule has 0 radical (unpaired) electrons. The van der Waals surface area contributed by atoms with E-state index < -0.39 is 0 Å². The molecule has 142 valence electrons. The van der Waals surface area contributed by atoms with Crippen LogP contribution in [-0.4, -0.2) is 26.4 Å². The van der Waals surface area contributed by atoms with Gasteiger partial charge in [-0.1, -0.05) is 11.8 Å². The van der Waals surface area contributed by atoms with E-state index in [1.165, 1.54) is 46.5 Å². The van der Waals surface area contributed by atoms with Crippen LogP contribution < -0.4 is 5.32 Å². The van der Waals surface area contributed by atoms with Crippen molar-refractivity contribution in [3.05, 3.63) is 45.9 Å². The number of nitrogens with one attached hydrogen (secondary N) is 1. The van der Waals surface area contributed by atoms with Crippen molar-refractivity contribution in [2.45, 2.75) is 38.9 Å². The molecule has 5 nitrogen and oxygen atoms in total. The molecular weight excluding hydrogens is 383 g/mol. The molecule has 0 unspecified atom stereocenters. The van der Waals surface area contributed by atoms with Crippen molar-refractivity contribution in [1.29, 1.82) is 0 Å². The van der Waals surface area contributed by atoms with Crippen LogP contribution in [0.2, 0.25) is 0 Å². The van der Waals surface area contributed by atoms with Crippen LogP contribution in [-0.2, 0) is 4.79 Å². The molecule has 27 heavy (non-hydrogen) atoms. The van der Waals surface area contributed by atoms with Gasteiger partial charge >= 0.3 is 0 Å². The third kappa shape index (κ3) is 4.39. The Bertz CT molecular complexity index is 947. The number of hydrogen-bond donors (Lipinski definition) is 1. The molecule has 0 fully saturated rings. The lowest BCUT2D eigenvalue weighted by atomic mass is 10.1. The molecule has 0 aliphatic carbocycles. The second kappa shape index (κ2) is 8.22. The number of halogens is 1. The smallest absolute Gasteiger partial charge is 0.234 e. The number of carbonyl (C=O) groups excluding carboxylic acids is 1. The van der Waals surface area contributed by atoms with Gasteiger partial charge in [0.25, 0.3) is 0 Å². The van der Waals surface area contributed by atoms with E-state index in [2.05, 4.69) is 53.2 Å². The summed E-state index contributed by atoms with van der Waals surface area (Å²) >= 11 is 3.04. The van der Waals surface area contributed by atoms with Gasteiger partial charge in [0, 0.05) is 27.5 Å². The van der Waals surface area contributed by atoms with E-state index in [-0.39, 0.29) is 23.5 Å². The minimum Gasteiger partial charge on any atom is -0.325 e. The highest BCUT2D eigenvalue weighted by Crippen LogP contribution is 2.33. The van der Waals surface area contributed by atoms with Gasteiger partial charge in [-0.15, -0.1) is 21.5 Å². The van der Waals surface area contributed by atoms with Gasteiger partial charge in [-0.3, -0.25) is 9.36 Å². The Kier molecular flexibility index (Phi) is 5.96. The predicted molar refractivity (Wildman–Crippen MR) is 109 cm³/mol. The summed E-state index contributed by atoms with van der Waals surface area (Å²) in [5.74, 6) is 0.519. The van der Waals surface area contributed by atoms with E-state index in [1.807, 2.05) is 0 Å². The number of hydrogen-bond acceptors (Lipinski definition) is 5. The number of rotatable bonds is 6. The Balaban J connectivity index is 1.74. The van der Waals surface area contributed by atoms with Crippen LogP contribution in [0, 0.1) is 19.7 Å². The average molecular weight is 405 g/mol. The first kappa shape index (κ1) is 19.6. The Morgan fingerprint density at radius 2 is 1.96 bits per heavy atom. The van der Waals surface area contributed by atoms with Crippen molar-refractivity contribution in [1.82, 2.24) is 14.8 Å². The van der Waals surface area contributed by atoms with Crippen molar-refractivity contribution in [2.24, 2.45) is 0 Å². The standard InChI is InChI=1S/C19H21FN4OS2/c1-11(2)24-18(16-9-26-13(4)12(16)3)22-23-19(24)27-10-17(25)21-15-7-5-14(20)6-8-15/h5-9,11H,10H2,1-4H3,(H,21,25). The largest absolute Gasteiger partial charge is 0.325 e. The Hall–Kier alpha value is -2.19. The fourth-order valence-electron chi connectivity index (χ4n) is 2.62. The molecule has 1 amide bonds. The highest BCUT2D eigenvalue weighted by Gasteiger charge is 2.20. The zero-order chi connectivity index (χ0) is 19.6. The Morgan fingerprint density at radius 1 is 1.26 bits per heavy atom. The zero-order valence-electron chi connectivity index (χ0n) is 15.6. The Labute approximate surface area is 166 Å². The highest BCUT2D eigenvalue weighted by atomic mass is 32.2. The average Bonchev–Trinajstić information content (AvgIpc) is 3.19. The van der Waals surface area contributed by atoms with Gasteiger partial charge in [0.2, 0.25) is 5.91 Å². The number of aromatic nitrogens is 3. The van der Waals surface area contributed by atoms with Crippen molar-refractivity contribution in [3.63, 3.8) is 0 Å². The van der Waals surface area contributed by atoms with Crippen molar-refractivity contribution < 1.29 is 9.18 Å². The molecule has 0 bridgehead atoms. The molecule has 3 aromatic rings. The molecule has 0 saturated carbocycles. The fourth-order valence-corrected chi connectivity index (χ4v) is 4.35. The summed E-state index contributed by atoms with van der Waals surface area (Å²) in [6, 6.07) is 5.87. The molecule has 0 atom stereocenters. The molecule has 8 heteroatoms. The van der Waals surface area contributed by atoms with Gasteiger partial charge in [-0.25, -0.2) is 4.39 Å². The Morgan fingerprint density at radius 3 is 2.56 bits per heavy atom. The molecule has 0 saturated heterocycles. The quantitative estimate of drug-likeness (QED) is 0.583. The maximum Gasteiger partial charge on any atom is 0.234 e. The minimum absolute atomic E-state index is 0.164. The van der Waals surface area contributed by atoms with Crippen LogP contribution in [0.25, 0.3) is 11.4 Å². The summed E-state index contributed by atoms with van der Waals surface area (Å²) in [4.78, 5) is 13.5. The van der Waals surface area contributed by atoms with Crippen LogP contribution >= 0.6 is 23.1 Å². The van der Waals surface area contributed by atoms with E-state index >= 15 is 0 Å². The number of aryl methyl sites for hydroxylation is 1. The molecular formula is C19H21FN4OS2. The summed E-state index contributed by atoms with van der Waals surface area (Å²) in [6.07, 6.45) is 0. The zero-order valence-corrected chi connectivity index (χ0v) is 17.2. The molecule has 0 aliphatic heterocycles. The molecule has 2 aromatic heterocycles. The van der Waals surface area contributed by atoms with Crippen LogP contribution in [0.4, 0.5) is 10.1 Å². The summed E-state index contributed by atoms with van der Waals surface area (Å²) in [7, 11) is 0. The predicted octanol–water partition coefficient (Wildman–Crippen LogP) is 5.07. The number of amides is 1. The van der Waals surface area contributed by atoms with Crippen LogP contribution in [0.5, 0.6) is 0 Å². The van der Waals surface area contributed by atoms with E-state index in [4.69, 9.17) is 0 Å². The van der Waals surface area contributed by atoms with Crippen molar-refractivity contribution >= 4 is 34.7 Å². The third-order valence-electron chi connectivity index (χ3n) is 4.17. The number of carbonyl (C=O) groups is 1. The van der Waals surface area contributed by atoms with Gasteiger partial charge in [-0.2, -0.15) is 0 Å². The first-order chi connectivity index (χ1) is 12.9. The monoisotopic (exact) mass is 404 g/mol. The second-order valence-electron chi connectivity index (χ2n) is 6.44. The number of benzene rings is 1. The lowest BCUT2D eigenvalue weighted by molar-refractivity contribution is -0.113. The van der Waals surface area contributed by atoms with E-state index in [1.54, 1.807) is 11.3 Å². The number of thioether (sulfide) groups is 1. The van der Waals surface area contributed by atoms with E-state index in [0.29, 0.717) is 10.8 Å². The SMILES string of the molecule is Cc1scc(-c2nnc(SCC(=O)Nc3ccc(F)cc3)n2C(C)C)c1C. The highest BCUT2D eigenvalue weighted by molar-refractivity contribution is 7.99. The van der Waals surface area contributed by atoms with Gasteiger partial charge in [0.15, 0.2) is 11.0 Å². The summed E-state index contributed by atoms with van der Waals surface area (Å²) < 4.78 is 15.0. The van der Waals surface area contributed by atoms with E-state index in [9.17, 15) is 9.18 Å². The second-order valence-corrected chi connectivity index (χ2v) is 8.47. The molecule has 1 N–H and O–H groups in total. The maximum absolute atomic E-state index is 13.0. The summed E-state index contributed by atoms with van der Waals surface area (Å²) in [6.45, 7) is 8.33. The number of thiophene rings is 1. The molecule has 1 aromatic carbocycles. The molecule has 0 spiro atoms. The van der Waals surface area contributed by atoms with Gasteiger partial charge in [0.05, 0.1) is 5.75 Å². The van der Waals surface area contributed by atoms with Gasteiger partial charge < -0.3 is 5.32 Å². The first-order valence-electron chi connectivity index (χ1n) is 8.55. The van der Waals surface area contributed by atoms with Crippen LogP contribution in [0.15, 0.2) is 34.8 Å². The maximum atomic E-state index is 13.0. The summed E-state index contributed by atoms with van der Waals surface area (Å²) in [5, 5.41) is 14.2. The van der Waals surface area contributed by atoms with Crippen LogP contribution in [0.3, 0.4) is 0 Å². The molecule has 2 heterocycles. The van der Waals surface area contributed by atoms with Crippen molar-refractivity contribution in [2.75, 3.05) is 11.1 Å². The van der Waals surface area contributed by atoms with Crippen LogP contribution in [0.1, 0.15) is 30.3 Å². The van der Waals surface area contributed by atoms with Gasteiger partial charge in [0.1, 0.15) is 5.82 Å². The lowest BCUT2D eigenvalue weighted by Gasteiger charge is -2.13. The molecule has 0 aliphatic rings. The van der Waals surface area contributed by atoms with E-state index in [0.717, 1.165) is 11.4 Å². The number of nitrogens with zero attached hydrogens (tertiary/aromatic N) is 3. The van der Waals surface area contributed by atoms with Gasteiger partial charge in [-0.05, 0) is 57.5 Å². The minimum atomic E-state index is -0.334. The van der Waals surface area contributed by atoms with Crippen molar-refractivity contribution in [3.8, 4) is 11.4 Å². The normalized spacial score (nSPS) is 11.2. The molecule has 3 rings (SSSR count). The fraction of sp³-hybridized carbons (Fsp3) is 0.316.